The Morgan fingerprint density at radius 2 is 1.85 bits per heavy atom. The van der Waals surface area contributed by atoms with Gasteiger partial charge in [0.2, 0.25) is 0 Å². The first-order chi connectivity index (χ1) is 12.7. The van der Waals surface area contributed by atoms with E-state index in [-0.39, 0.29) is 29.9 Å². The molecule has 0 spiro atoms. The summed E-state index contributed by atoms with van der Waals surface area (Å²) in [6.45, 7) is 3.97. The van der Waals surface area contributed by atoms with Crippen LogP contribution in [-0.4, -0.2) is 39.1 Å². The van der Waals surface area contributed by atoms with Crippen LogP contribution in [0.25, 0.3) is 0 Å². The van der Waals surface area contributed by atoms with Crippen LogP contribution in [0, 0.1) is 0 Å². The standard InChI is InChI=1S/C19H26N4O2S.HI/c1-4-16-8-9-17(26-16)13-23-19(20-2)22-11-10-21-18(24)14-6-5-7-15(12-14)25-3;/h5-9,12H,4,10-11,13H2,1-3H3,(H,21,24)(H2,20,22,23);1H. The largest absolute Gasteiger partial charge is 0.497 e. The number of ether oxygens (including phenoxy) is 1. The van der Waals surface area contributed by atoms with Crippen molar-refractivity contribution < 1.29 is 9.53 Å². The zero-order valence-electron chi connectivity index (χ0n) is 15.9. The van der Waals surface area contributed by atoms with E-state index < -0.39 is 0 Å². The molecule has 0 radical (unpaired) electrons. The molecule has 27 heavy (non-hydrogen) atoms. The molecule has 3 N–H and O–H groups in total. The van der Waals surface area contributed by atoms with Crippen LogP contribution in [-0.2, 0) is 13.0 Å². The van der Waals surface area contributed by atoms with Crippen LogP contribution < -0.4 is 20.7 Å². The number of benzene rings is 1. The average Bonchev–Trinajstić information content (AvgIpc) is 3.15. The molecule has 0 aliphatic rings. The summed E-state index contributed by atoms with van der Waals surface area (Å²) in [6.07, 6.45) is 1.06. The van der Waals surface area contributed by atoms with E-state index in [2.05, 4.69) is 40.0 Å². The molecular weight excluding hydrogens is 475 g/mol. The lowest BCUT2D eigenvalue weighted by molar-refractivity contribution is 0.0954. The van der Waals surface area contributed by atoms with Gasteiger partial charge in [0.1, 0.15) is 5.75 Å². The van der Waals surface area contributed by atoms with Crippen molar-refractivity contribution >= 4 is 47.2 Å². The number of hydrogen-bond donors (Lipinski definition) is 3. The van der Waals surface area contributed by atoms with Crippen molar-refractivity contribution in [2.75, 3.05) is 27.2 Å². The van der Waals surface area contributed by atoms with E-state index in [9.17, 15) is 4.79 Å². The van der Waals surface area contributed by atoms with E-state index in [1.54, 1.807) is 43.7 Å². The van der Waals surface area contributed by atoms with Gasteiger partial charge in [0, 0.05) is 35.5 Å². The first kappa shape index (κ1) is 23.2. The topological polar surface area (TPSA) is 74.8 Å². The molecule has 148 valence electrons. The highest BCUT2D eigenvalue weighted by atomic mass is 127. The number of aliphatic imine (C=N–C) groups is 1. The van der Waals surface area contributed by atoms with Crippen LogP contribution >= 0.6 is 35.3 Å². The lowest BCUT2D eigenvalue weighted by Gasteiger charge is -2.12. The summed E-state index contributed by atoms with van der Waals surface area (Å²) in [5.41, 5.74) is 0.580. The minimum atomic E-state index is -0.126. The minimum absolute atomic E-state index is 0. The van der Waals surface area contributed by atoms with Gasteiger partial charge in [-0.05, 0) is 36.8 Å². The lowest BCUT2D eigenvalue weighted by atomic mass is 10.2. The molecule has 2 aromatic rings. The summed E-state index contributed by atoms with van der Waals surface area (Å²) in [5.74, 6) is 1.26. The number of halogens is 1. The molecular formula is C19H27IN4O2S. The fourth-order valence-electron chi connectivity index (χ4n) is 2.32. The van der Waals surface area contributed by atoms with Crippen molar-refractivity contribution in [1.82, 2.24) is 16.0 Å². The van der Waals surface area contributed by atoms with Gasteiger partial charge in [-0.15, -0.1) is 35.3 Å². The first-order valence-corrected chi connectivity index (χ1v) is 9.42. The number of rotatable bonds is 8. The van der Waals surface area contributed by atoms with Crippen molar-refractivity contribution in [3.8, 4) is 5.75 Å². The number of aryl methyl sites for hydroxylation is 1. The third kappa shape index (κ3) is 7.76. The van der Waals surface area contributed by atoms with E-state index in [4.69, 9.17) is 4.74 Å². The Kier molecular flexibility index (Phi) is 10.8. The number of nitrogens with one attached hydrogen (secondary N) is 3. The molecule has 2 rings (SSSR count). The van der Waals surface area contributed by atoms with Crippen LogP contribution in [0.1, 0.15) is 27.0 Å². The Morgan fingerprint density at radius 1 is 1.11 bits per heavy atom. The van der Waals surface area contributed by atoms with Crippen LogP contribution in [0.3, 0.4) is 0 Å². The number of guanidine groups is 1. The number of carbonyl (C=O) groups excluding carboxylic acids is 1. The number of methoxy groups -OCH3 is 1. The molecule has 0 bridgehead atoms. The Hall–Kier alpha value is -1.81. The molecule has 0 aliphatic heterocycles. The second-order valence-corrected chi connectivity index (χ2v) is 6.81. The summed E-state index contributed by atoms with van der Waals surface area (Å²) in [4.78, 5) is 19.0. The maximum atomic E-state index is 12.1. The smallest absolute Gasteiger partial charge is 0.251 e. The molecule has 1 aromatic carbocycles. The Bertz CT molecular complexity index is 749. The van der Waals surface area contributed by atoms with Crippen molar-refractivity contribution in [2.24, 2.45) is 4.99 Å². The van der Waals surface area contributed by atoms with Gasteiger partial charge in [-0.3, -0.25) is 9.79 Å². The Labute approximate surface area is 181 Å². The molecule has 1 amide bonds. The first-order valence-electron chi connectivity index (χ1n) is 8.60. The molecule has 1 aromatic heterocycles. The van der Waals surface area contributed by atoms with E-state index in [1.807, 2.05) is 6.07 Å². The van der Waals surface area contributed by atoms with E-state index in [1.165, 1.54) is 9.75 Å². The summed E-state index contributed by atoms with van der Waals surface area (Å²) >= 11 is 1.81. The van der Waals surface area contributed by atoms with Crippen molar-refractivity contribution in [1.29, 1.82) is 0 Å². The van der Waals surface area contributed by atoms with Crippen molar-refractivity contribution in [2.45, 2.75) is 19.9 Å². The molecule has 0 fully saturated rings. The quantitative estimate of drug-likeness (QED) is 0.225. The molecule has 0 atom stereocenters. The lowest BCUT2D eigenvalue weighted by Crippen LogP contribution is -2.41. The van der Waals surface area contributed by atoms with Crippen LogP contribution in [0.2, 0.25) is 0 Å². The average molecular weight is 502 g/mol. The molecule has 8 heteroatoms. The normalized spacial score (nSPS) is 10.7. The number of hydrogen-bond acceptors (Lipinski definition) is 4. The van der Waals surface area contributed by atoms with E-state index in [0.29, 0.717) is 30.4 Å². The highest BCUT2D eigenvalue weighted by Crippen LogP contribution is 2.16. The van der Waals surface area contributed by atoms with Crippen molar-refractivity contribution in [3.63, 3.8) is 0 Å². The SMILES string of the molecule is CCc1ccc(CNC(=NC)NCCNC(=O)c2cccc(OC)c2)s1.I. The monoisotopic (exact) mass is 502 g/mol. The Balaban J connectivity index is 0.00000364. The zero-order chi connectivity index (χ0) is 18.8. The van der Waals surface area contributed by atoms with Gasteiger partial charge in [-0.25, -0.2) is 0 Å². The molecule has 6 nitrogen and oxygen atoms in total. The van der Waals surface area contributed by atoms with Crippen LogP contribution in [0.15, 0.2) is 41.4 Å². The van der Waals surface area contributed by atoms with Crippen LogP contribution in [0.4, 0.5) is 0 Å². The third-order valence-electron chi connectivity index (χ3n) is 3.75. The number of carbonyl (C=O) groups is 1. The molecule has 1 heterocycles. The van der Waals surface area contributed by atoms with E-state index in [0.717, 1.165) is 13.0 Å². The van der Waals surface area contributed by atoms with Gasteiger partial charge in [0.05, 0.1) is 13.7 Å². The summed E-state index contributed by atoms with van der Waals surface area (Å²) in [5, 5.41) is 9.35. The fourth-order valence-corrected chi connectivity index (χ4v) is 3.22. The highest BCUT2D eigenvalue weighted by Gasteiger charge is 2.06. The maximum Gasteiger partial charge on any atom is 0.251 e. The van der Waals surface area contributed by atoms with Gasteiger partial charge < -0.3 is 20.7 Å². The second kappa shape index (κ2) is 12.6. The summed E-state index contributed by atoms with van der Waals surface area (Å²) in [7, 11) is 3.31. The molecule has 0 aliphatic carbocycles. The summed E-state index contributed by atoms with van der Waals surface area (Å²) < 4.78 is 5.13. The predicted molar refractivity (Wildman–Crippen MR) is 123 cm³/mol. The summed E-state index contributed by atoms with van der Waals surface area (Å²) in [6, 6.07) is 11.4. The fraction of sp³-hybridized carbons (Fsp3) is 0.368. The van der Waals surface area contributed by atoms with Crippen molar-refractivity contribution in [3.05, 3.63) is 51.7 Å². The molecule has 0 saturated heterocycles. The van der Waals surface area contributed by atoms with Crippen LogP contribution in [0.5, 0.6) is 5.75 Å². The zero-order valence-corrected chi connectivity index (χ0v) is 19.0. The van der Waals surface area contributed by atoms with Gasteiger partial charge in [-0.2, -0.15) is 0 Å². The minimum Gasteiger partial charge on any atom is -0.497 e. The number of amides is 1. The van der Waals surface area contributed by atoms with Gasteiger partial charge >= 0.3 is 0 Å². The maximum absolute atomic E-state index is 12.1. The highest BCUT2D eigenvalue weighted by molar-refractivity contribution is 14.0. The molecule has 0 unspecified atom stereocenters. The Morgan fingerprint density at radius 3 is 2.52 bits per heavy atom. The third-order valence-corrected chi connectivity index (χ3v) is 4.98. The van der Waals surface area contributed by atoms with Gasteiger partial charge in [-0.1, -0.05) is 13.0 Å². The molecule has 0 saturated carbocycles. The number of nitrogens with zero attached hydrogens (tertiary/aromatic N) is 1. The van der Waals surface area contributed by atoms with Gasteiger partial charge in [0.25, 0.3) is 5.91 Å². The number of thiophene rings is 1. The van der Waals surface area contributed by atoms with E-state index >= 15 is 0 Å². The predicted octanol–water partition coefficient (Wildman–Crippen LogP) is 3.03. The second-order valence-electron chi connectivity index (χ2n) is 5.56. The van der Waals surface area contributed by atoms with Gasteiger partial charge in [0.15, 0.2) is 5.96 Å².